The van der Waals surface area contributed by atoms with Gasteiger partial charge in [0, 0.05) is 18.9 Å². The molecule has 1 saturated carbocycles. The summed E-state index contributed by atoms with van der Waals surface area (Å²) in [6.07, 6.45) is -7.10. The molecule has 0 spiro atoms. The van der Waals surface area contributed by atoms with Gasteiger partial charge in [-0.15, -0.1) is 0 Å². The van der Waals surface area contributed by atoms with Crippen LogP contribution in [-0.2, 0) is 28.5 Å². The van der Waals surface area contributed by atoms with Crippen molar-refractivity contribution in [1.82, 2.24) is 0 Å². The fourth-order valence-electron chi connectivity index (χ4n) is 4.04. The molecule has 4 N–H and O–H groups in total. The summed E-state index contributed by atoms with van der Waals surface area (Å²) in [5.41, 5.74) is 0.307. The van der Waals surface area contributed by atoms with E-state index in [2.05, 4.69) is 0 Å². The van der Waals surface area contributed by atoms with Crippen molar-refractivity contribution in [2.45, 2.75) is 56.6 Å². The molecule has 2 aliphatic heterocycles. The molecule has 0 bridgehead atoms. The second kappa shape index (κ2) is 8.00. The molecule has 0 aromatic heterocycles. The van der Waals surface area contributed by atoms with Crippen LogP contribution in [0, 0.1) is 17.8 Å². The Morgan fingerprint density at radius 3 is 2.37 bits per heavy atom. The topological polar surface area (TPSA) is 144 Å². The third-order valence-corrected chi connectivity index (χ3v) is 5.66. The zero-order valence-electron chi connectivity index (χ0n) is 15.3. The van der Waals surface area contributed by atoms with Crippen molar-refractivity contribution in [1.29, 1.82) is 0 Å². The van der Waals surface area contributed by atoms with Gasteiger partial charge in [-0.25, -0.2) is 4.79 Å². The first-order valence-corrected chi connectivity index (χ1v) is 8.80. The minimum Gasteiger partial charge on any atom is -0.472 e. The number of esters is 1. The number of hydrogen-bond acceptors (Lipinski definition) is 10. The average molecular weight is 390 g/mol. The van der Waals surface area contributed by atoms with Crippen LogP contribution < -0.4 is 0 Å². The first-order chi connectivity index (χ1) is 12.8. The molecule has 2 fully saturated rings. The number of aliphatic hydroxyl groups excluding tert-OH is 4. The van der Waals surface area contributed by atoms with Crippen molar-refractivity contribution in [2.75, 3.05) is 14.2 Å². The molecule has 10 atom stereocenters. The summed E-state index contributed by atoms with van der Waals surface area (Å²) >= 11 is 0. The van der Waals surface area contributed by atoms with Crippen molar-refractivity contribution in [3.05, 3.63) is 11.8 Å². The molecule has 10 unspecified atom stereocenters. The Hall–Kier alpha value is -1.27. The summed E-state index contributed by atoms with van der Waals surface area (Å²) < 4.78 is 26.4. The lowest BCUT2D eigenvalue weighted by molar-refractivity contribution is -0.374. The Morgan fingerprint density at radius 2 is 1.74 bits per heavy atom. The lowest BCUT2D eigenvalue weighted by atomic mass is 9.83. The molecule has 10 nitrogen and oxygen atoms in total. The van der Waals surface area contributed by atoms with E-state index in [-0.39, 0.29) is 11.8 Å². The smallest absolute Gasteiger partial charge is 0.337 e. The summed E-state index contributed by atoms with van der Waals surface area (Å²) in [5, 5.41) is 40.3. The summed E-state index contributed by atoms with van der Waals surface area (Å²) in [6.45, 7) is 1.81. The highest BCUT2D eigenvalue weighted by molar-refractivity contribution is 5.89. The van der Waals surface area contributed by atoms with E-state index in [9.17, 15) is 25.2 Å². The normalized spacial score (nSPS) is 47.0. The Labute approximate surface area is 156 Å². The van der Waals surface area contributed by atoms with Gasteiger partial charge in [-0.1, -0.05) is 6.92 Å². The Balaban J connectivity index is 1.80. The van der Waals surface area contributed by atoms with Gasteiger partial charge in [-0.2, -0.15) is 0 Å². The molecule has 27 heavy (non-hydrogen) atoms. The third kappa shape index (κ3) is 3.58. The number of ether oxygens (including phenoxy) is 5. The molecule has 0 aromatic carbocycles. The molecule has 10 heteroatoms. The second-order valence-corrected chi connectivity index (χ2v) is 7.13. The number of methoxy groups -OCH3 is 2. The summed E-state index contributed by atoms with van der Waals surface area (Å²) in [6, 6.07) is 0. The Morgan fingerprint density at radius 1 is 1.07 bits per heavy atom. The molecule has 1 aliphatic carbocycles. The maximum atomic E-state index is 12.0. The molecule has 0 radical (unpaired) electrons. The monoisotopic (exact) mass is 390 g/mol. The molecule has 0 aromatic rings. The van der Waals surface area contributed by atoms with Gasteiger partial charge in [0.2, 0.25) is 6.29 Å². The molecular formula is C17H26O10. The lowest BCUT2D eigenvalue weighted by Crippen LogP contribution is -2.60. The fourth-order valence-corrected chi connectivity index (χ4v) is 4.04. The predicted octanol–water partition coefficient (Wildman–Crippen LogP) is -1.54. The Bertz CT molecular complexity index is 578. The molecule has 154 valence electrons. The van der Waals surface area contributed by atoms with Crippen molar-refractivity contribution >= 4 is 5.97 Å². The van der Waals surface area contributed by atoms with Gasteiger partial charge in [0.1, 0.15) is 18.3 Å². The first kappa shape index (κ1) is 20.5. The van der Waals surface area contributed by atoms with Crippen LogP contribution >= 0.6 is 0 Å². The third-order valence-electron chi connectivity index (χ3n) is 5.66. The van der Waals surface area contributed by atoms with Crippen LogP contribution in [0.5, 0.6) is 0 Å². The van der Waals surface area contributed by atoms with E-state index < -0.39 is 55.2 Å². The molecule has 1 saturated heterocycles. The minimum absolute atomic E-state index is 0.261. The number of aliphatic hydroxyl groups is 4. The van der Waals surface area contributed by atoms with Crippen LogP contribution in [0.15, 0.2) is 11.8 Å². The second-order valence-electron chi connectivity index (χ2n) is 7.13. The zero-order valence-corrected chi connectivity index (χ0v) is 15.3. The van der Waals surface area contributed by atoms with Crippen LogP contribution in [0.3, 0.4) is 0 Å². The maximum Gasteiger partial charge on any atom is 0.337 e. The van der Waals surface area contributed by atoms with E-state index >= 15 is 0 Å². The SMILES string of the molecule is COC(=O)C1=COC(OC2OC(OC)C(O)C(O)C2O)C2C1CC(O)C2C. The van der Waals surface area contributed by atoms with Crippen LogP contribution in [0.2, 0.25) is 0 Å². The largest absolute Gasteiger partial charge is 0.472 e. The van der Waals surface area contributed by atoms with Crippen LogP contribution in [-0.4, -0.2) is 83.9 Å². The number of rotatable bonds is 4. The van der Waals surface area contributed by atoms with Crippen LogP contribution in [0.4, 0.5) is 0 Å². The van der Waals surface area contributed by atoms with E-state index in [1.54, 1.807) is 0 Å². The summed E-state index contributed by atoms with van der Waals surface area (Å²) in [5.74, 6) is -1.56. The van der Waals surface area contributed by atoms with E-state index in [0.29, 0.717) is 12.0 Å². The van der Waals surface area contributed by atoms with Crippen LogP contribution in [0.1, 0.15) is 13.3 Å². The van der Waals surface area contributed by atoms with Gasteiger partial charge in [0.15, 0.2) is 12.6 Å². The van der Waals surface area contributed by atoms with Crippen molar-refractivity contribution in [3.8, 4) is 0 Å². The van der Waals surface area contributed by atoms with Gasteiger partial charge in [-0.05, 0) is 12.3 Å². The highest BCUT2D eigenvalue weighted by atomic mass is 16.8. The number of carbonyl (C=O) groups is 1. The number of hydrogen-bond donors (Lipinski definition) is 4. The van der Waals surface area contributed by atoms with Gasteiger partial charge < -0.3 is 44.1 Å². The minimum atomic E-state index is -1.54. The standard InChI is InChI=1S/C17H26O10/c1-6-9(18)4-7-8(14(22)23-2)5-25-15(10(6)7)26-17-13(21)11(19)12(20)16(24-3)27-17/h5-7,9-13,15-21H,4H2,1-3H3. The number of fused-ring (bicyclic) bond motifs is 1. The molecular weight excluding hydrogens is 364 g/mol. The molecule has 2 heterocycles. The van der Waals surface area contributed by atoms with Gasteiger partial charge in [0.25, 0.3) is 0 Å². The quantitative estimate of drug-likeness (QED) is 0.417. The van der Waals surface area contributed by atoms with E-state index in [1.807, 2.05) is 6.92 Å². The summed E-state index contributed by atoms with van der Waals surface area (Å²) in [7, 11) is 2.54. The van der Waals surface area contributed by atoms with E-state index in [4.69, 9.17) is 23.7 Å². The number of carbonyl (C=O) groups excluding carboxylic acids is 1. The van der Waals surface area contributed by atoms with Crippen LogP contribution in [0.25, 0.3) is 0 Å². The van der Waals surface area contributed by atoms with Gasteiger partial charge in [-0.3, -0.25) is 0 Å². The highest BCUT2D eigenvalue weighted by Crippen LogP contribution is 2.47. The van der Waals surface area contributed by atoms with Gasteiger partial charge in [0.05, 0.1) is 25.0 Å². The van der Waals surface area contributed by atoms with E-state index in [1.165, 1.54) is 20.5 Å². The Kier molecular flexibility index (Phi) is 6.06. The van der Waals surface area contributed by atoms with Crippen molar-refractivity contribution < 1.29 is 48.9 Å². The molecule has 3 rings (SSSR count). The van der Waals surface area contributed by atoms with Crippen molar-refractivity contribution in [3.63, 3.8) is 0 Å². The van der Waals surface area contributed by atoms with Crippen molar-refractivity contribution in [2.24, 2.45) is 17.8 Å². The zero-order chi connectivity index (χ0) is 19.9. The lowest BCUT2D eigenvalue weighted by Gasteiger charge is -2.42. The average Bonchev–Trinajstić information content (AvgIpc) is 2.96. The molecule has 0 amide bonds. The highest BCUT2D eigenvalue weighted by Gasteiger charge is 2.53. The maximum absolute atomic E-state index is 12.0. The predicted molar refractivity (Wildman–Crippen MR) is 86.5 cm³/mol. The first-order valence-electron chi connectivity index (χ1n) is 8.80. The van der Waals surface area contributed by atoms with Gasteiger partial charge >= 0.3 is 5.97 Å². The fraction of sp³-hybridized carbons (Fsp3) is 0.824. The summed E-state index contributed by atoms with van der Waals surface area (Å²) in [4.78, 5) is 12.0. The molecule has 3 aliphatic rings. The van der Waals surface area contributed by atoms with E-state index in [0.717, 1.165) is 0 Å².